The summed E-state index contributed by atoms with van der Waals surface area (Å²) in [5, 5.41) is 12.0. The number of anilines is 1. The Balaban J connectivity index is 1.76. The highest BCUT2D eigenvalue weighted by molar-refractivity contribution is 7.89. The third kappa shape index (κ3) is 4.26. The van der Waals surface area contributed by atoms with Crippen LogP contribution < -0.4 is 19.6 Å². The minimum absolute atomic E-state index is 0.0605. The van der Waals surface area contributed by atoms with Gasteiger partial charge in [0.05, 0.1) is 36.6 Å². The van der Waals surface area contributed by atoms with Gasteiger partial charge < -0.3 is 9.47 Å². The van der Waals surface area contributed by atoms with Gasteiger partial charge in [-0.1, -0.05) is 36.4 Å². The minimum atomic E-state index is -3.76. The van der Waals surface area contributed by atoms with Crippen molar-refractivity contribution in [3.63, 3.8) is 0 Å². The molecule has 0 amide bonds. The Morgan fingerprint density at radius 3 is 2.23 bits per heavy atom. The van der Waals surface area contributed by atoms with Crippen LogP contribution in [0.5, 0.6) is 11.5 Å². The summed E-state index contributed by atoms with van der Waals surface area (Å²) in [6, 6.07) is 22.1. The van der Waals surface area contributed by atoms with Crippen molar-refractivity contribution in [3.05, 3.63) is 83.9 Å². The summed E-state index contributed by atoms with van der Waals surface area (Å²) in [7, 11) is -0.561. The highest BCUT2D eigenvalue weighted by Gasteiger charge is 2.30. The van der Waals surface area contributed by atoms with Crippen LogP contribution in [-0.2, 0) is 10.0 Å². The van der Waals surface area contributed by atoms with Crippen molar-refractivity contribution < 1.29 is 17.9 Å². The Labute approximate surface area is 181 Å². The molecular weight excluding hydrogens is 414 g/mol. The number of sulfonamides is 1. The summed E-state index contributed by atoms with van der Waals surface area (Å²) in [4.78, 5) is 0.0605. The van der Waals surface area contributed by atoms with E-state index in [1.165, 1.54) is 12.1 Å². The van der Waals surface area contributed by atoms with E-state index in [0.29, 0.717) is 17.9 Å². The van der Waals surface area contributed by atoms with Crippen molar-refractivity contribution in [1.29, 1.82) is 0 Å². The normalized spacial score (nSPS) is 16.2. The standard InChI is InChI=1S/C23H23N3O4S/c1-29-22-13-8-17(14-23(22)30-2)21-15-20(16-6-4-3-5-7-16)25-26(21)18-9-11-19(12-10-18)31(24,27)28/h3-14,21H,15H2,1-2H3,(H2,24,27,28)/t21-/m1/s1. The van der Waals surface area contributed by atoms with E-state index in [1.54, 1.807) is 26.4 Å². The molecular formula is C23H23N3O4S. The zero-order chi connectivity index (χ0) is 22.0. The second-order valence-electron chi connectivity index (χ2n) is 7.13. The molecule has 0 unspecified atom stereocenters. The topological polar surface area (TPSA) is 94.2 Å². The molecule has 1 aliphatic heterocycles. The first kappa shape index (κ1) is 20.9. The Kier molecular flexibility index (Phi) is 5.67. The fraction of sp³-hybridized carbons (Fsp3) is 0.174. The largest absolute Gasteiger partial charge is 0.493 e. The predicted molar refractivity (Wildman–Crippen MR) is 120 cm³/mol. The quantitative estimate of drug-likeness (QED) is 0.634. The van der Waals surface area contributed by atoms with Gasteiger partial charge in [0.1, 0.15) is 0 Å². The zero-order valence-corrected chi connectivity index (χ0v) is 18.0. The molecule has 31 heavy (non-hydrogen) atoms. The van der Waals surface area contributed by atoms with Crippen molar-refractivity contribution in [2.45, 2.75) is 17.4 Å². The number of nitrogens with two attached hydrogens (primary N) is 1. The summed E-state index contributed by atoms with van der Waals surface area (Å²) in [5.41, 5.74) is 3.74. The molecule has 7 nitrogen and oxygen atoms in total. The molecule has 0 aliphatic carbocycles. The molecule has 0 saturated heterocycles. The molecule has 8 heteroatoms. The third-order valence-corrected chi connectivity index (χ3v) is 6.17. The van der Waals surface area contributed by atoms with Crippen molar-refractivity contribution in [2.24, 2.45) is 10.2 Å². The van der Waals surface area contributed by atoms with Gasteiger partial charge in [-0.05, 0) is 47.5 Å². The lowest BCUT2D eigenvalue weighted by Gasteiger charge is -2.24. The number of hydrogen-bond acceptors (Lipinski definition) is 6. The van der Waals surface area contributed by atoms with Crippen LogP contribution >= 0.6 is 0 Å². The Bertz CT molecular complexity index is 1210. The van der Waals surface area contributed by atoms with E-state index < -0.39 is 10.0 Å². The van der Waals surface area contributed by atoms with Crippen molar-refractivity contribution in [2.75, 3.05) is 19.2 Å². The van der Waals surface area contributed by atoms with E-state index in [-0.39, 0.29) is 10.9 Å². The monoisotopic (exact) mass is 437 g/mol. The lowest BCUT2D eigenvalue weighted by molar-refractivity contribution is 0.354. The second-order valence-corrected chi connectivity index (χ2v) is 8.69. The van der Waals surface area contributed by atoms with Gasteiger partial charge in [0.25, 0.3) is 0 Å². The molecule has 0 radical (unpaired) electrons. The summed E-state index contributed by atoms with van der Waals surface area (Å²) in [5.74, 6) is 1.29. The van der Waals surface area contributed by atoms with Gasteiger partial charge in [0.2, 0.25) is 10.0 Å². The highest BCUT2D eigenvalue weighted by atomic mass is 32.2. The van der Waals surface area contributed by atoms with Crippen LogP contribution in [0.3, 0.4) is 0 Å². The molecule has 0 fully saturated rings. The maximum absolute atomic E-state index is 11.6. The van der Waals surface area contributed by atoms with Crippen LogP contribution in [0.15, 0.2) is 82.8 Å². The van der Waals surface area contributed by atoms with Crippen LogP contribution in [0, 0.1) is 0 Å². The molecule has 1 aliphatic rings. The fourth-order valence-corrected chi connectivity index (χ4v) is 4.18. The van der Waals surface area contributed by atoms with Gasteiger partial charge >= 0.3 is 0 Å². The van der Waals surface area contributed by atoms with E-state index in [2.05, 4.69) is 0 Å². The van der Waals surface area contributed by atoms with Crippen molar-refractivity contribution in [3.8, 4) is 11.5 Å². The number of benzene rings is 3. The SMILES string of the molecule is COc1ccc([C@H]2CC(c3ccccc3)=NN2c2ccc(S(N)(=O)=O)cc2)cc1OC. The first-order valence-electron chi connectivity index (χ1n) is 9.67. The molecule has 0 spiro atoms. The number of primary sulfonamides is 1. The molecule has 4 rings (SSSR count). The number of methoxy groups -OCH3 is 2. The van der Waals surface area contributed by atoms with E-state index >= 15 is 0 Å². The Morgan fingerprint density at radius 1 is 0.935 bits per heavy atom. The number of nitrogens with zero attached hydrogens (tertiary/aromatic N) is 2. The lowest BCUT2D eigenvalue weighted by Crippen LogP contribution is -2.19. The molecule has 3 aromatic carbocycles. The van der Waals surface area contributed by atoms with Crippen LogP contribution in [-0.4, -0.2) is 28.3 Å². The van der Waals surface area contributed by atoms with Gasteiger partial charge in [-0.15, -0.1) is 0 Å². The van der Waals surface area contributed by atoms with Gasteiger partial charge in [-0.3, -0.25) is 5.01 Å². The number of hydrazone groups is 1. The van der Waals surface area contributed by atoms with Crippen LogP contribution in [0.25, 0.3) is 0 Å². The molecule has 0 bridgehead atoms. The number of hydrogen-bond donors (Lipinski definition) is 1. The van der Waals surface area contributed by atoms with E-state index in [0.717, 1.165) is 22.5 Å². The highest BCUT2D eigenvalue weighted by Crippen LogP contribution is 2.39. The van der Waals surface area contributed by atoms with Crippen LogP contribution in [0.2, 0.25) is 0 Å². The zero-order valence-electron chi connectivity index (χ0n) is 17.2. The average molecular weight is 438 g/mol. The fourth-order valence-electron chi connectivity index (χ4n) is 3.66. The second kappa shape index (κ2) is 8.41. The maximum Gasteiger partial charge on any atom is 0.238 e. The summed E-state index contributed by atoms with van der Waals surface area (Å²) < 4.78 is 34.1. The number of ether oxygens (including phenoxy) is 2. The first-order valence-corrected chi connectivity index (χ1v) is 11.2. The minimum Gasteiger partial charge on any atom is -0.493 e. The van der Waals surface area contributed by atoms with Gasteiger partial charge in [-0.25, -0.2) is 13.6 Å². The lowest BCUT2D eigenvalue weighted by atomic mass is 9.98. The van der Waals surface area contributed by atoms with Crippen LogP contribution in [0.4, 0.5) is 5.69 Å². The average Bonchev–Trinajstić information content (AvgIpc) is 3.24. The third-order valence-electron chi connectivity index (χ3n) is 5.24. The molecule has 3 aromatic rings. The summed E-state index contributed by atoms with van der Waals surface area (Å²) in [6.07, 6.45) is 0.677. The van der Waals surface area contributed by atoms with Crippen molar-refractivity contribution in [1.82, 2.24) is 0 Å². The van der Waals surface area contributed by atoms with E-state index in [4.69, 9.17) is 19.7 Å². The summed E-state index contributed by atoms with van der Waals surface area (Å²) >= 11 is 0. The summed E-state index contributed by atoms with van der Waals surface area (Å²) in [6.45, 7) is 0. The maximum atomic E-state index is 11.6. The first-order chi connectivity index (χ1) is 14.9. The molecule has 1 atom stereocenters. The van der Waals surface area contributed by atoms with Crippen LogP contribution in [0.1, 0.15) is 23.6 Å². The van der Waals surface area contributed by atoms with Crippen molar-refractivity contribution >= 4 is 21.4 Å². The molecule has 1 heterocycles. The molecule has 160 valence electrons. The van der Waals surface area contributed by atoms with E-state index in [9.17, 15) is 8.42 Å². The van der Waals surface area contributed by atoms with Gasteiger partial charge in [0.15, 0.2) is 11.5 Å². The molecule has 0 aromatic heterocycles. The Hall–Kier alpha value is -3.36. The molecule has 0 saturated carbocycles. The smallest absolute Gasteiger partial charge is 0.238 e. The predicted octanol–water partition coefficient (Wildman–Crippen LogP) is 3.71. The van der Waals surface area contributed by atoms with E-state index in [1.807, 2.05) is 53.5 Å². The Morgan fingerprint density at radius 2 is 1.61 bits per heavy atom. The number of rotatable bonds is 6. The van der Waals surface area contributed by atoms with Gasteiger partial charge in [0, 0.05) is 6.42 Å². The van der Waals surface area contributed by atoms with Gasteiger partial charge in [-0.2, -0.15) is 5.10 Å². The molecule has 2 N–H and O–H groups in total.